The molecular formula is C14H28S. The molecule has 0 bridgehead atoms. The number of hydrogen-bond donors (Lipinski definition) is 0. The molecule has 15 heavy (non-hydrogen) atoms. The zero-order valence-corrected chi connectivity index (χ0v) is 11.5. The Morgan fingerprint density at radius 3 is 1.67 bits per heavy atom. The topological polar surface area (TPSA) is 0 Å². The zero-order chi connectivity index (χ0) is 10.9. The number of thioether (sulfide) groups is 1. The van der Waals surface area contributed by atoms with E-state index in [1.807, 2.05) is 0 Å². The number of hydrogen-bond acceptors (Lipinski definition) is 1. The molecule has 0 nitrogen and oxygen atoms in total. The SMILES string of the molecule is CCCCC[C@H]1CC[C@H](CCCCC)S1. The first kappa shape index (κ1) is 13.4. The minimum absolute atomic E-state index is 1.02. The molecule has 0 saturated carbocycles. The van der Waals surface area contributed by atoms with Gasteiger partial charge in [0.1, 0.15) is 0 Å². The summed E-state index contributed by atoms with van der Waals surface area (Å²) in [5.74, 6) is 0. The van der Waals surface area contributed by atoms with E-state index in [0.29, 0.717) is 0 Å². The summed E-state index contributed by atoms with van der Waals surface area (Å²) in [6, 6.07) is 0. The van der Waals surface area contributed by atoms with Crippen LogP contribution in [0.2, 0.25) is 0 Å². The minimum Gasteiger partial charge on any atom is -0.155 e. The number of rotatable bonds is 8. The Morgan fingerprint density at radius 1 is 0.800 bits per heavy atom. The van der Waals surface area contributed by atoms with Crippen molar-refractivity contribution in [1.82, 2.24) is 0 Å². The molecule has 0 radical (unpaired) electrons. The van der Waals surface area contributed by atoms with Gasteiger partial charge < -0.3 is 0 Å². The summed E-state index contributed by atoms with van der Waals surface area (Å²) in [6.45, 7) is 4.60. The highest BCUT2D eigenvalue weighted by Gasteiger charge is 2.23. The lowest BCUT2D eigenvalue weighted by atomic mass is 10.1. The average Bonchev–Trinajstić information content (AvgIpc) is 2.67. The molecule has 1 saturated heterocycles. The van der Waals surface area contributed by atoms with Gasteiger partial charge in [-0.3, -0.25) is 0 Å². The summed E-state index contributed by atoms with van der Waals surface area (Å²) in [5, 5.41) is 2.03. The first-order valence-corrected chi connectivity index (χ1v) is 7.96. The molecular weight excluding hydrogens is 200 g/mol. The molecule has 0 aromatic rings. The predicted molar refractivity (Wildman–Crippen MR) is 72.7 cm³/mol. The standard InChI is InChI=1S/C14H28S/c1-3-5-7-9-13-11-12-14(15-13)10-8-6-4-2/h13-14H,3-12H2,1-2H3/t13-,14-/m0/s1. The molecule has 1 aliphatic heterocycles. The Balaban J connectivity index is 1.99. The van der Waals surface area contributed by atoms with Gasteiger partial charge in [-0.25, -0.2) is 0 Å². The lowest BCUT2D eigenvalue weighted by Gasteiger charge is -2.10. The van der Waals surface area contributed by atoms with Gasteiger partial charge in [0.2, 0.25) is 0 Å². The quantitative estimate of drug-likeness (QED) is 0.500. The lowest BCUT2D eigenvalue weighted by Crippen LogP contribution is -1.98. The maximum absolute atomic E-state index is 2.31. The molecule has 0 N–H and O–H groups in total. The van der Waals surface area contributed by atoms with E-state index in [-0.39, 0.29) is 0 Å². The number of unbranched alkanes of at least 4 members (excludes halogenated alkanes) is 4. The summed E-state index contributed by atoms with van der Waals surface area (Å²) in [4.78, 5) is 0. The molecule has 0 aliphatic carbocycles. The third-order valence-electron chi connectivity index (χ3n) is 3.45. The third-order valence-corrected chi connectivity index (χ3v) is 5.17. The molecule has 0 aromatic heterocycles. The van der Waals surface area contributed by atoms with Crippen molar-refractivity contribution in [3.8, 4) is 0 Å². The first-order chi connectivity index (χ1) is 7.36. The first-order valence-electron chi connectivity index (χ1n) is 7.02. The van der Waals surface area contributed by atoms with Crippen molar-refractivity contribution in [3.63, 3.8) is 0 Å². The van der Waals surface area contributed by atoms with Crippen LogP contribution in [-0.2, 0) is 0 Å². The van der Waals surface area contributed by atoms with E-state index >= 15 is 0 Å². The molecule has 0 spiro atoms. The average molecular weight is 228 g/mol. The van der Waals surface area contributed by atoms with Gasteiger partial charge in [0.15, 0.2) is 0 Å². The van der Waals surface area contributed by atoms with E-state index in [0.717, 1.165) is 10.5 Å². The Hall–Kier alpha value is 0.350. The lowest BCUT2D eigenvalue weighted by molar-refractivity contribution is 0.596. The van der Waals surface area contributed by atoms with Crippen LogP contribution in [0.4, 0.5) is 0 Å². The summed E-state index contributed by atoms with van der Waals surface area (Å²) in [5.41, 5.74) is 0. The van der Waals surface area contributed by atoms with Gasteiger partial charge in [0.25, 0.3) is 0 Å². The van der Waals surface area contributed by atoms with Crippen molar-refractivity contribution in [2.24, 2.45) is 0 Å². The van der Waals surface area contributed by atoms with E-state index < -0.39 is 0 Å². The highest BCUT2D eigenvalue weighted by molar-refractivity contribution is 8.00. The maximum Gasteiger partial charge on any atom is 0.00502 e. The van der Waals surface area contributed by atoms with Crippen LogP contribution in [0.15, 0.2) is 0 Å². The van der Waals surface area contributed by atoms with Crippen LogP contribution in [0.3, 0.4) is 0 Å². The van der Waals surface area contributed by atoms with Crippen molar-refractivity contribution < 1.29 is 0 Å². The second-order valence-corrected chi connectivity index (χ2v) is 6.55. The third kappa shape index (κ3) is 5.85. The summed E-state index contributed by atoms with van der Waals surface area (Å²) >= 11 is 2.31. The minimum atomic E-state index is 1.02. The Bertz CT molecular complexity index is 128. The fourth-order valence-corrected chi connectivity index (χ4v) is 4.14. The van der Waals surface area contributed by atoms with Gasteiger partial charge in [0, 0.05) is 10.5 Å². The van der Waals surface area contributed by atoms with Crippen molar-refractivity contribution in [3.05, 3.63) is 0 Å². The van der Waals surface area contributed by atoms with Gasteiger partial charge in [-0.15, -0.1) is 0 Å². The van der Waals surface area contributed by atoms with Crippen LogP contribution in [0.1, 0.15) is 78.1 Å². The fraction of sp³-hybridized carbons (Fsp3) is 1.00. The van der Waals surface area contributed by atoms with E-state index in [2.05, 4.69) is 25.6 Å². The maximum atomic E-state index is 2.31. The molecule has 1 heterocycles. The van der Waals surface area contributed by atoms with E-state index in [4.69, 9.17) is 0 Å². The fourth-order valence-electron chi connectivity index (χ4n) is 2.45. The molecule has 0 unspecified atom stereocenters. The molecule has 1 aliphatic rings. The van der Waals surface area contributed by atoms with Gasteiger partial charge >= 0.3 is 0 Å². The van der Waals surface area contributed by atoms with Gasteiger partial charge in [-0.1, -0.05) is 52.4 Å². The monoisotopic (exact) mass is 228 g/mol. The summed E-state index contributed by atoms with van der Waals surface area (Å²) in [7, 11) is 0. The van der Waals surface area contributed by atoms with E-state index in [9.17, 15) is 0 Å². The Morgan fingerprint density at radius 2 is 1.27 bits per heavy atom. The van der Waals surface area contributed by atoms with Crippen LogP contribution in [0.5, 0.6) is 0 Å². The molecule has 2 atom stereocenters. The summed E-state index contributed by atoms with van der Waals surface area (Å²) in [6.07, 6.45) is 14.6. The van der Waals surface area contributed by atoms with Gasteiger partial charge in [-0.05, 0) is 25.7 Å². The molecule has 1 fully saturated rings. The highest BCUT2D eigenvalue weighted by atomic mass is 32.2. The van der Waals surface area contributed by atoms with Crippen molar-refractivity contribution in [2.75, 3.05) is 0 Å². The highest BCUT2D eigenvalue weighted by Crippen LogP contribution is 2.38. The van der Waals surface area contributed by atoms with Crippen LogP contribution < -0.4 is 0 Å². The molecule has 90 valence electrons. The second kappa shape index (κ2) is 8.50. The van der Waals surface area contributed by atoms with Crippen molar-refractivity contribution >= 4 is 11.8 Å². The van der Waals surface area contributed by atoms with Gasteiger partial charge in [0.05, 0.1) is 0 Å². The zero-order valence-electron chi connectivity index (χ0n) is 10.6. The molecule has 0 amide bonds. The second-order valence-electron chi connectivity index (χ2n) is 4.95. The van der Waals surface area contributed by atoms with E-state index in [1.165, 1.54) is 64.2 Å². The van der Waals surface area contributed by atoms with Crippen LogP contribution in [-0.4, -0.2) is 10.5 Å². The van der Waals surface area contributed by atoms with Crippen LogP contribution in [0, 0.1) is 0 Å². The smallest absolute Gasteiger partial charge is 0.00502 e. The van der Waals surface area contributed by atoms with Gasteiger partial charge in [-0.2, -0.15) is 11.8 Å². The molecule has 1 heteroatoms. The van der Waals surface area contributed by atoms with E-state index in [1.54, 1.807) is 0 Å². The van der Waals surface area contributed by atoms with Crippen molar-refractivity contribution in [2.45, 2.75) is 88.6 Å². The Kier molecular flexibility index (Phi) is 7.60. The predicted octanol–water partition coefficient (Wildman–Crippen LogP) is 5.41. The molecule has 0 aromatic carbocycles. The van der Waals surface area contributed by atoms with Crippen LogP contribution in [0.25, 0.3) is 0 Å². The van der Waals surface area contributed by atoms with Crippen molar-refractivity contribution in [1.29, 1.82) is 0 Å². The largest absolute Gasteiger partial charge is 0.155 e. The molecule has 1 rings (SSSR count). The van der Waals surface area contributed by atoms with Crippen LogP contribution >= 0.6 is 11.8 Å². The normalized spacial score (nSPS) is 26.0. The Labute approximate surface area is 101 Å². The summed E-state index contributed by atoms with van der Waals surface area (Å²) < 4.78 is 0.